The molecule has 0 spiro atoms. The summed E-state index contributed by atoms with van der Waals surface area (Å²) in [6, 6.07) is 14.2. The second-order valence-corrected chi connectivity index (χ2v) is 8.61. The molecule has 1 aromatic carbocycles. The van der Waals surface area contributed by atoms with E-state index < -0.39 is 0 Å². The highest BCUT2D eigenvalue weighted by molar-refractivity contribution is 5.88. The van der Waals surface area contributed by atoms with Crippen LogP contribution in [0.4, 0.5) is 0 Å². The second kappa shape index (κ2) is 8.16. The normalized spacial score (nSPS) is 14.8. The van der Waals surface area contributed by atoms with Gasteiger partial charge in [0.05, 0.1) is 23.8 Å². The Kier molecular flexibility index (Phi) is 4.87. The highest BCUT2D eigenvalue weighted by Gasteiger charge is 2.28. The van der Waals surface area contributed by atoms with Crippen molar-refractivity contribution in [3.63, 3.8) is 0 Å². The first kappa shape index (κ1) is 19.7. The first-order valence-electron chi connectivity index (χ1n) is 11.3. The number of aromatic amines is 1. The maximum atomic E-state index is 12.8. The fraction of sp³-hybridized carbons (Fsp3) is 0.231. The Balaban J connectivity index is 1.25. The number of carbonyl (C=O) groups excluding carboxylic acids is 1. The summed E-state index contributed by atoms with van der Waals surface area (Å²) in [5, 5.41) is 1.17. The summed E-state index contributed by atoms with van der Waals surface area (Å²) in [5.74, 6) is 1.50. The summed E-state index contributed by atoms with van der Waals surface area (Å²) >= 11 is 0. The number of rotatable bonds is 4. The van der Waals surface area contributed by atoms with E-state index in [4.69, 9.17) is 4.98 Å². The van der Waals surface area contributed by atoms with Crippen LogP contribution in [-0.2, 0) is 11.2 Å². The SMILES string of the molecule is O=C(Cc1cccnc1)N1CCC(c2nc(-c3cc4ccccc4[nH]3)c3cnccn23)CC1. The topological polar surface area (TPSA) is 79.2 Å². The minimum absolute atomic E-state index is 0.164. The van der Waals surface area contributed by atoms with Crippen LogP contribution in [-0.4, -0.2) is 48.2 Å². The van der Waals surface area contributed by atoms with Gasteiger partial charge in [-0.2, -0.15) is 0 Å². The van der Waals surface area contributed by atoms with Crippen molar-refractivity contribution in [1.82, 2.24) is 29.2 Å². The molecule has 0 aliphatic carbocycles. The third-order valence-electron chi connectivity index (χ3n) is 6.55. The molecule has 1 aliphatic heterocycles. The van der Waals surface area contributed by atoms with Crippen LogP contribution >= 0.6 is 0 Å². The maximum absolute atomic E-state index is 12.8. The number of fused-ring (bicyclic) bond motifs is 2. The van der Waals surface area contributed by atoms with Gasteiger partial charge in [0, 0.05) is 54.7 Å². The molecule has 33 heavy (non-hydrogen) atoms. The number of nitrogens with zero attached hydrogens (tertiary/aromatic N) is 5. The van der Waals surface area contributed by atoms with Crippen LogP contribution in [0.3, 0.4) is 0 Å². The van der Waals surface area contributed by atoms with Crippen LogP contribution in [0.2, 0.25) is 0 Å². The lowest BCUT2D eigenvalue weighted by atomic mass is 9.95. The van der Waals surface area contributed by atoms with Gasteiger partial charge >= 0.3 is 0 Å². The molecule has 164 valence electrons. The van der Waals surface area contributed by atoms with E-state index in [-0.39, 0.29) is 5.91 Å². The van der Waals surface area contributed by atoms with E-state index in [1.165, 1.54) is 5.39 Å². The van der Waals surface area contributed by atoms with Crippen molar-refractivity contribution in [3.05, 3.63) is 84.8 Å². The number of para-hydroxylation sites is 1. The van der Waals surface area contributed by atoms with E-state index in [2.05, 4.69) is 37.6 Å². The van der Waals surface area contributed by atoms with Crippen LogP contribution in [0, 0.1) is 0 Å². The van der Waals surface area contributed by atoms with Gasteiger partial charge in [-0.3, -0.25) is 19.2 Å². The summed E-state index contributed by atoms with van der Waals surface area (Å²) in [4.78, 5) is 31.8. The zero-order chi connectivity index (χ0) is 22.2. The van der Waals surface area contributed by atoms with Gasteiger partial charge < -0.3 is 9.88 Å². The number of carbonyl (C=O) groups is 1. The number of aromatic nitrogens is 5. The van der Waals surface area contributed by atoms with E-state index in [1.54, 1.807) is 18.6 Å². The van der Waals surface area contributed by atoms with Crippen LogP contribution < -0.4 is 0 Å². The third kappa shape index (κ3) is 3.65. The molecule has 1 amide bonds. The molecule has 1 N–H and O–H groups in total. The maximum Gasteiger partial charge on any atom is 0.227 e. The molecule has 0 bridgehead atoms. The highest BCUT2D eigenvalue weighted by atomic mass is 16.2. The first-order chi connectivity index (χ1) is 16.3. The molecule has 0 radical (unpaired) electrons. The predicted molar refractivity (Wildman–Crippen MR) is 127 cm³/mol. The predicted octanol–water partition coefficient (Wildman–Crippen LogP) is 4.22. The number of imidazole rings is 1. The molecule has 5 heterocycles. The van der Waals surface area contributed by atoms with Crippen LogP contribution in [0.25, 0.3) is 27.8 Å². The van der Waals surface area contributed by atoms with Gasteiger partial charge in [-0.25, -0.2) is 4.98 Å². The van der Waals surface area contributed by atoms with Crippen molar-refractivity contribution in [3.8, 4) is 11.4 Å². The number of benzene rings is 1. The number of H-pyrrole nitrogens is 1. The Labute approximate surface area is 191 Å². The fourth-order valence-corrected chi connectivity index (χ4v) is 4.83. The minimum atomic E-state index is 0.164. The smallest absolute Gasteiger partial charge is 0.227 e. The number of likely N-dealkylation sites (tertiary alicyclic amines) is 1. The van der Waals surface area contributed by atoms with Crippen molar-refractivity contribution in [2.75, 3.05) is 13.1 Å². The lowest BCUT2D eigenvalue weighted by molar-refractivity contribution is -0.131. The van der Waals surface area contributed by atoms with Gasteiger partial charge in [0.1, 0.15) is 11.5 Å². The third-order valence-corrected chi connectivity index (χ3v) is 6.55. The molecule has 6 rings (SSSR count). The van der Waals surface area contributed by atoms with Crippen molar-refractivity contribution in [2.24, 2.45) is 0 Å². The Bertz CT molecular complexity index is 1400. The van der Waals surface area contributed by atoms with Gasteiger partial charge in [0.2, 0.25) is 5.91 Å². The quantitative estimate of drug-likeness (QED) is 0.457. The molecule has 0 saturated carbocycles. The molecule has 1 fully saturated rings. The second-order valence-electron chi connectivity index (χ2n) is 8.61. The molecular formula is C26H24N6O. The molecule has 0 unspecified atom stereocenters. The van der Waals surface area contributed by atoms with E-state index in [0.29, 0.717) is 12.3 Å². The number of hydrogen-bond acceptors (Lipinski definition) is 4. The summed E-state index contributed by atoms with van der Waals surface area (Å²) in [5.41, 5.74) is 4.97. The molecule has 1 saturated heterocycles. The van der Waals surface area contributed by atoms with Gasteiger partial charge in [-0.15, -0.1) is 0 Å². The van der Waals surface area contributed by atoms with E-state index >= 15 is 0 Å². The molecular weight excluding hydrogens is 412 g/mol. The number of nitrogens with one attached hydrogen (secondary N) is 1. The zero-order valence-corrected chi connectivity index (χ0v) is 18.2. The Morgan fingerprint density at radius 2 is 1.88 bits per heavy atom. The average molecular weight is 437 g/mol. The van der Waals surface area contributed by atoms with Crippen LogP contribution in [0.5, 0.6) is 0 Å². The Hall–Kier alpha value is -4.00. The lowest BCUT2D eigenvalue weighted by Crippen LogP contribution is -2.39. The molecule has 5 aromatic rings. The number of amides is 1. The van der Waals surface area contributed by atoms with E-state index in [1.807, 2.05) is 41.6 Å². The molecule has 7 nitrogen and oxygen atoms in total. The number of piperidine rings is 1. The molecule has 0 atom stereocenters. The van der Waals surface area contributed by atoms with Gasteiger partial charge in [-0.05, 0) is 36.6 Å². The van der Waals surface area contributed by atoms with Gasteiger partial charge in [0.25, 0.3) is 0 Å². The fourth-order valence-electron chi connectivity index (χ4n) is 4.83. The van der Waals surface area contributed by atoms with Crippen molar-refractivity contribution in [2.45, 2.75) is 25.2 Å². The van der Waals surface area contributed by atoms with Crippen molar-refractivity contribution >= 4 is 22.3 Å². The summed E-state index contributed by atoms with van der Waals surface area (Å²) in [7, 11) is 0. The molecule has 7 heteroatoms. The average Bonchev–Trinajstić information content (AvgIpc) is 3.46. The summed E-state index contributed by atoms with van der Waals surface area (Å²) < 4.78 is 2.16. The molecule has 4 aromatic heterocycles. The van der Waals surface area contributed by atoms with Crippen molar-refractivity contribution < 1.29 is 4.79 Å². The monoisotopic (exact) mass is 436 g/mol. The summed E-state index contributed by atoms with van der Waals surface area (Å²) in [6.45, 7) is 1.48. The van der Waals surface area contributed by atoms with Crippen LogP contribution in [0.15, 0.2) is 73.4 Å². The Morgan fingerprint density at radius 3 is 2.70 bits per heavy atom. The largest absolute Gasteiger partial charge is 0.353 e. The Morgan fingerprint density at radius 1 is 1.03 bits per heavy atom. The van der Waals surface area contributed by atoms with E-state index in [0.717, 1.165) is 59.7 Å². The number of hydrogen-bond donors (Lipinski definition) is 1. The van der Waals surface area contributed by atoms with Gasteiger partial charge in [-0.1, -0.05) is 24.3 Å². The minimum Gasteiger partial charge on any atom is -0.353 e. The molecule has 1 aliphatic rings. The summed E-state index contributed by atoms with van der Waals surface area (Å²) in [6.07, 6.45) is 11.4. The highest BCUT2D eigenvalue weighted by Crippen LogP contribution is 2.33. The van der Waals surface area contributed by atoms with Crippen molar-refractivity contribution in [1.29, 1.82) is 0 Å². The first-order valence-corrected chi connectivity index (χ1v) is 11.3. The lowest BCUT2D eigenvalue weighted by Gasteiger charge is -2.31. The van der Waals surface area contributed by atoms with Gasteiger partial charge in [0.15, 0.2) is 0 Å². The van der Waals surface area contributed by atoms with Crippen LogP contribution in [0.1, 0.15) is 30.1 Å². The zero-order valence-electron chi connectivity index (χ0n) is 18.2. The number of pyridine rings is 1. The van der Waals surface area contributed by atoms with E-state index in [9.17, 15) is 4.79 Å². The standard InChI is InChI=1S/C26H24N6O/c33-24(14-18-4-3-9-27-16-18)31-11-7-19(8-12-31)26-30-25(23-17-28-10-13-32(23)26)22-15-20-5-1-2-6-21(20)29-22/h1-6,9-10,13,15-17,19,29H,7-8,11-12,14H2.